The van der Waals surface area contributed by atoms with Gasteiger partial charge in [-0.15, -0.1) is 0 Å². The topological polar surface area (TPSA) is 35.5 Å². The number of benzene rings is 2. The summed E-state index contributed by atoms with van der Waals surface area (Å²) in [5, 5.41) is 0. The molecule has 3 atom stereocenters. The number of carbonyl (C=O) groups excluding carboxylic acids is 1. The van der Waals surface area contributed by atoms with Gasteiger partial charge in [-0.1, -0.05) is 31.2 Å². The molecule has 0 aliphatic carbocycles. The van der Waals surface area contributed by atoms with Gasteiger partial charge in [0.15, 0.2) is 0 Å². The highest BCUT2D eigenvalue weighted by Gasteiger charge is 2.44. The van der Waals surface area contributed by atoms with Crippen LogP contribution in [0.15, 0.2) is 42.5 Å². The van der Waals surface area contributed by atoms with Gasteiger partial charge in [-0.2, -0.15) is 0 Å². The first-order chi connectivity index (χ1) is 12.0. The van der Waals surface area contributed by atoms with Gasteiger partial charge in [0.2, 0.25) is 0 Å². The quantitative estimate of drug-likeness (QED) is 0.584. The first-order valence-corrected chi connectivity index (χ1v) is 9.05. The smallest absolute Gasteiger partial charge is 0.343 e. The molecule has 1 saturated heterocycles. The summed E-state index contributed by atoms with van der Waals surface area (Å²) in [6.45, 7) is 6.44. The van der Waals surface area contributed by atoms with Gasteiger partial charge in [0.05, 0.1) is 17.3 Å². The molecule has 2 bridgehead atoms. The monoisotopic (exact) mass is 336 g/mol. The van der Waals surface area contributed by atoms with Crippen molar-refractivity contribution in [3.63, 3.8) is 0 Å². The van der Waals surface area contributed by atoms with Crippen molar-refractivity contribution in [1.29, 1.82) is 0 Å². The zero-order chi connectivity index (χ0) is 17.6. The molecular weight excluding hydrogens is 312 g/mol. The Balaban J connectivity index is 1.70. The van der Waals surface area contributed by atoms with E-state index in [4.69, 9.17) is 9.47 Å². The van der Waals surface area contributed by atoms with Crippen LogP contribution in [0.4, 0.5) is 0 Å². The Morgan fingerprint density at radius 3 is 2.76 bits per heavy atom. The van der Waals surface area contributed by atoms with Crippen LogP contribution in [0.2, 0.25) is 0 Å². The van der Waals surface area contributed by atoms with Crippen LogP contribution in [0, 0.1) is 12.8 Å². The van der Waals surface area contributed by atoms with Crippen molar-refractivity contribution in [2.75, 3.05) is 0 Å². The van der Waals surface area contributed by atoms with Crippen LogP contribution in [0.3, 0.4) is 0 Å². The first kappa shape index (κ1) is 16.3. The number of ether oxygens (including phenoxy) is 2. The lowest BCUT2D eigenvalue weighted by atomic mass is 9.81. The van der Waals surface area contributed by atoms with Crippen molar-refractivity contribution in [3.8, 4) is 5.75 Å². The van der Waals surface area contributed by atoms with E-state index in [1.165, 1.54) is 11.1 Å². The molecule has 0 spiro atoms. The lowest BCUT2D eigenvalue weighted by molar-refractivity contribution is -0.0463. The zero-order valence-corrected chi connectivity index (χ0v) is 15.0. The van der Waals surface area contributed by atoms with E-state index in [0.717, 1.165) is 24.8 Å². The van der Waals surface area contributed by atoms with Crippen LogP contribution in [0.1, 0.15) is 53.7 Å². The van der Waals surface area contributed by atoms with Crippen LogP contribution in [-0.4, -0.2) is 12.1 Å². The van der Waals surface area contributed by atoms with Crippen molar-refractivity contribution < 1.29 is 14.3 Å². The van der Waals surface area contributed by atoms with Crippen LogP contribution < -0.4 is 4.74 Å². The van der Waals surface area contributed by atoms with Gasteiger partial charge in [0.25, 0.3) is 0 Å². The van der Waals surface area contributed by atoms with E-state index in [-0.39, 0.29) is 11.6 Å². The first-order valence-electron chi connectivity index (χ1n) is 9.05. The maximum Gasteiger partial charge on any atom is 0.343 e. The summed E-state index contributed by atoms with van der Waals surface area (Å²) in [7, 11) is 0. The minimum Gasteiger partial charge on any atom is -0.423 e. The van der Waals surface area contributed by atoms with E-state index in [2.05, 4.69) is 19.9 Å². The molecule has 3 heteroatoms. The van der Waals surface area contributed by atoms with Crippen LogP contribution >= 0.6 is 0 Å². The molecule has 25 heavy (non-hydrogen) atoms. The summed E-state index contributed by atoms with van der Waals surface area (Å²) in [5.41, 5.74) is 3.80. The highest BCUT2D eigenvalue weighted by atomic mass is 16.5. The summed E-state index contributed by atoms with van der Waals surface area (Å²) in [6, 6.07) is 13.3. The molecule has 1 fully saturated rings. The molecular formula is C22H24O3. The second-order valence-corrected chi connectivity index (χ2v) is 7.64. The van der Waals surface area contributed by atoms with E-state index in [1.54, 1.807) is 12.1 Å². The normalized spacial score (nSPS) is 27.5. The van der Waals surface area contributed by atoms with E-state index < -0.39 is 0 Å². The Kier molecular flexibility index (Phi) is 3.92. The Labute approximate surface area is 149 Å². The Morgan fingerprint density at radius 1 is 1.24 bits per heavy atom. The van der Waals surface area contributed by atoms with Gasteiger partial charge in [0.1, 0.15) is 5.75 Å². The largest absolute Gasteiger partial charge is 0.423 e. The highest BCUT2D eigenvalue weighted by molar-refractivity contribution is 5.91. The van der Waals surface area contributed by atoms with Crippen molar-refractivity contribution in [1.82, 2.24) is 0 Å². The van der Waals surface area contributed by atoms with Gasteiger partial charge in [-0.05, 0) is 73.9 Å². The summed E-state index contributed by atoms with van der Waals surface area (Å²) >= 11 is 0. The molecule has 0 N–H and O–H groups in total. The highest BCUT2D eigenvalue weighted by Crippen LogP contribution is 2.47. The molecule has 2 heterocycles. The lowest BCUT2D eigenvalue weighted by Crippen LogP contribution is -2.23. The van der Waals surface area contributed by atoms with Crippen molar-refractivity contribution in [3.05, 3.63) is 64.7 Å². The number of hydrogen-bond acceptors (Lipinski definition) is 3. The average molecular weight is 336 g/mol. The summed E-state index contributed by atoms with van der Waals surface area (Å²) in [5.74, 6) is 0.830. The number of fused-ring (bicyclic) bond motifs is 4. The Bertz CT molecular complexity index is 812. The number of rotatable bonds is 2. The van der Waals surface area contributed by atoms with E-state index in [0.29, 0.717) is 23.3 Å². The van der Waals surface area contributed by atoms with Gasteiger partial charge < -0.3 is 9.47 Å². The predicted molar refractivity (Wildman–Crippen MR) is 96.9 cm³/mol. The molecule has 0 unspecified atom stereocenters. The molecule has 2 aliphatic rings. The average Bonchev–Trinajstić information content (AvgIpc) is 2.97. The lowest BCUT2D eigenvalue weighted by Gasteiger charge is -2.26. The molecule has 130 valence electrons. The fourth-order valence-corrected chi connectivity index (χ4v) is 4.20. The van der Waals surface area contributed by atoms with Crippen molar-refractivity contribution >= 4 is 5.97 Å². The predicted octanol–water partition coefficient (Wildman–Crippen LogP) is 4.80. The van der Waals surface area contributed by atoms with Gasteiger partial charge in [-0.25, -0.2) is 4.79 Å². The third-order valence-electron chi connectivity index (χ3n) is 5.68. The Morgan fingerprint density at radius 2 is 2.00 bits per heavy atom. The molecule has 2 aromatic rings. The number of carbonyl (C=O) groups is 1. The standard InChI is InChI=1S/C22H24O3/c1-14-11-17-12-15(2)20(24-21(23)16-7-5-4-6-8-16)13-18(17)22(3)10-9-19(14)25-22/h4-8,12-14,19H,9-11H2,1-3H3/t14-,19+,22-/m1/s1. The van der Waals surface area contributed by atoms with Crippen molar-refractivity contribution in [2.24, 2.45) is 5.92 Å². The molecule has 4 rings (SSSR count). The van der Waals surface area contributed by atoms with E-state index >= 15 is 0 Å². The maximum absolute atomic E-state index is 12.4. The third kappa shape index (κ3) is 2.87. The van der Waals surface area contributed by atoms with Crippen LogP contribution in [0.5, 0.6) is 5.75 Å². The molecule has 2 aliphatic heterocycles. The second-order valence-electron chi connectivity index (χ2n) is 7.64. The minimum atomic E-state index is -0.319. The minimum absolute atomic E-state index is 0.271. The van der Waals surface area contributed by atoms with E-state index in [1.807, 2.05) is 31.2 Å². The van der Waals surface area contributed by atoms with Crippen molar-refractivity contribution in [2.45, 2.75) is 51.7 Å². The SMILES string of the molecule is Cc1cc2c(cc1OC(=O)c1ccccc1)[C@@]1(C)CC[C@H](O1)[C@H](C)C2. The zero-order valence-electron chi connectivity index (χ0n) is 15.0. The van der Waals surface area contributed by atoms with Gasteiger partial charge in [0, 0.05) is 0 Å². The molecule has 0 aromatic heterocycles. The fourth-order valence-electron chi connectivity index (χ4n) is 4.20. The fraction of sp³-hybridized carbons (Fsp3) is 0.409. The van der Waals surface area contributed by atoms with Crippen LogP contribution in [-0.2, 0) is 16.8 Å². The molecule has 0 radical (unpaired) electrons. The number of aryl methyl sites for hydroxylation is 1. The van der Waals surface area contributed by atoms with Crippen LogP contribution in [0.25, 0.3) is 0 Å². The Hall–Kier alpha value is -2.13. The molecule has 0 amide bonds. The van der Waals surface area contributed by atoms with E-state index in [9.17, 15) is 4.79 Å². The molecule has 2 aromatic carbocycles. The van der Waals surface area contributed by atoms with Gasteiger partial charge in [-0.3, -0.25) is 0 Å². The summed E-state index contributed by atoms with van der Waals surface area (Å²) < 4.78 is 12.1. The molecule has 0 saturated carbocycles. The second kappa shape index (κ2) is 5.99. The third-order valence-corrected chi connectivity index (χ3v) is 5.68. The summed E-state index contributed by atoms with van der Waals surface area (Å²) in [6.07, 6.45) is 3.46. The summed E-state index contributed by atoms with van der Waals surface area (Å²) in [4.78, 5) is 12.4. The molecule has 3 nitrogen and oxygen atoms in total. The van der Waals surface area contributed by atoms with Gasteiger partial charge >= 0.3 is 5.97 Å². The number of esters is 1. The maximum atomic E-state index is 12.4. The number of hydrogen-bond donors (Lipinski definition) is 0.